The van der Waals surface area contributed by atoms with Crippen molar-refractivity contribution in [3.63, 3.8) is 0 Å². The van der Waals surface area contributed by atoms with E-state index in [1.54, 1.807) is 18.2 Å². The van der Waals surface area contributed by atoms with Crippen LogP contribution < -0.4 is 5.32 Å². The lowest BCUT2D eigenvalue weighted by Crippen LogP contribution is -2.48. The Kier molecular flexibility index (Phi) is 5.92. The highest BCUT2D eigenvalue weighted by Gasteiger charge is 2.30. The van der Waals surface area contributed by atoms with Gasteiger partial charge < -0.3 is 14.7 Å². The van der Waals surface area contributed by atoms with Crippen LogP contribution in [-0.4, -0.2) is 41.0 Å². The SMILES string of the molecule is O=C(NC1CCN(C(=O)C2CCCCC2)CC1)c1cc(-c2ccccc2F)on1. The maximum Gasteiger partial charge on any atom is 0.273 e. The second-order valence-corrected chi connectivity index (χ2v) is 7.96. The molecule has 0 radical (unpaired) electrons. The van der Waals surface area contributed by atoms with E-state index in [1.807, 2.05) is 4.90 Å². The lowest BCUT2D eigenvalue weighted by atomic mass is 9.87. The van der Waals surface area contributed by atoms with E-state index in [0.29, 0.717) is 13.1 Å². The van der Waals surface area contributed by atoms with Crippen LogP contribution in [0, 0.1) is 11.7 Å². The topological polar surface area (TPSA) is 75.4 Å². The Bertz CT molecular complexity index is 868. The summed E-state index contributed by atoms with van der Waals surface area (Å²) in [6.45, 7) is 1.33. The van der Waals surface area contributed by atoms with Crippen LogP contribution in [0.25, 0.3) is 11.3 Å². The Morgan fingerprint density at radius 1 is 1.07 bits per heavy atom. The number of nitrogens with one attached hydrogen (secondary N) is 1. The first kappa shape index (κ1) is 19.6. The van der Waals surface area contributed by atoms with Crippen molar-refractivity contribution in [3.05, 3.63) is 41.8 Å². The van der Waals surface area contributed by atoms with E-state index in [1.165, 1.54) is 18.6 Å². The normalized spacial score (nSPS) is 18.6. The standard InChI is InChI=1S/C22H26FN3O3/c23-18-9-5-4-8-17(18)20-14-19(25-29-20)21(27)24-16-10-12-26(13-11-16)22(28)15-6-2-1-3-7-15/h4-5,8-9,14-16H,1-3,6-7,10-13H2,(H,24,27). The number of nitrogens with zero attached hydrogens (tertiary/aromatic N) is 2. The molecule has 6 nitrogen and oxygen atoms in total. The fourth-order valence-corrected chi connectivity index (χ4v) is 4.28. The molecule has 29 heavy (non-hydrogen) atoms. The minimum atomic E-state index is -0.425. The quantitative estimate of drug-likeness (QED) is 0.849. The molecule has 0 bridgehead atoms. The van der Waals surface area contributed by atoms with E-state index in [-0.39, 0.29) is 40.8 Å². The zero-order chi connectivity index (χ0) is 20.2. The molecule has 2 aromatic rings. The van der Waals surface area contributed by atoms with E-state index in [0.717, 1.165) is 38.5 Å². The van der Waals surface area contributed by atoms with E-state index in [9.17, 15) is 14.0 Å². The van der Waals surface area contributed by atoms with Crippen LogP contribution >= 0.6 is 0 Å². The monoisotopic (exact) mass is 399 g/mol. The summed E-state index contributed by atoms with van der Waals surface area (Å²) < 4.78 is 19.0. The van der Waals surface area contributed by atoms with Gasteiger partial charge in [-0.3, -0.25) is 9.59 Å². The van der Waals surface area contributed by atoms with Crippen LogP contribution in [0.3, 0.4) is 0 Å². The van der Waals surface area contributed by atoms with Gasteiger partial charge in [-0.25, -0.2) is 4.39 Å². The molecule has 2 fully saturated rings. The first-order chi connectivity index (χ1) is 14.1. The second-order valence-electron chi connectivity index (χ2n) is 7.96. The van der Waals surface area contributed by atoms with Crippen molar-refractivity contribution in [2.45, 2.75) is 51.0 Å². The molecule has 2 aliphatic rings. The molecule has 4 rings (SSSR count). The molecule has 1 N–H and O–H groups in total. The van der Waals surface area contributed by atoms with Gasteiger partial charge in [0.15, 0.2) is 11.5 Å². The molecular weight excluding hydrogens is 373 g/mol. The van der Waals surface area contributed by atoms with Crippen LogP contribution in [-0.2, 0) is 4.79 Å². The van der Waals surface area contributed by atoms with E-state index in [4.69, 9.17) is 4.52 Å². The van der Waals surface area contributed by atoms with E-state index in [2.05, 4.69) is 10.5 Å². The summed E-state index contributed by atoms with van der Waals surface area (Å²) in [7, 11) is 0. The van der Waals surface area contributed by atoms with Gasteiger partial charge in [-0.1, -0.05) is 36.6 Å². The number of hydrogen-bond donors (Lipinski definition) is 1. The van der Waals surface area contributed by atoms with Crippen molar-refractivity contribution in [1.82, 2.24) is 15.4 Å². The van der Waals surface area contributed by atoms with Crippen LogP contribution in [0.15, 0.2) is 34.9 Å². The summed E-state index contributed by atoms with van der Waals surface area (Å²) in [5.41, 5.74) is 0.401. The molecule has 0 unspecified atom stereocenters. The predicted octanol–water partition coefficient (Wildman–Crippen LogP) is 3.78. The highest BCUT2D eigenvalue weighted by molar-refractivity contribution is 5.93. The Morgan fingerprint density at radius 3 is 2.52 bits per heavy atom. The number of hydrogen-bond acceptors (Lipinski definition) is 4. The number of carbonyl (C=O) groups excluding carboxylic acids is 2. The number of rotatable bonds is 4. The molecule has 7 heteroatoms. The minimum Gasteiger partial charge on any atom is -0.355 e. The minimum absolute atomic E-state index is 0.00785. The van der Waals surface area contributed by atoms with Gasteiger partial charge in [0, 0.05) is 31.1 Å². The Morgan fingerprint density at radius 2 is 1.79 bits per heavy atom. The Hall–Kier alpha value is -2.70. The van der Waals surface area contributed by atoms with Gasteiger partial charge in [-0.05, 0) is 37.8 Å². The molecule has 1 aliphatic heterocycles. The number of amides is 2. The molecule has 154 valence electrons. The summed E-state index contributed by atoms with van der Waals surface area (Å²) in [6, 6.07) is 7.65. The summed E-state index contributed by atoms with van der Waals surface area (Å²) in [5.74, 6) is -0.0810. The molecular formula is C22H26FN3O3. The van der Waals surface area contributed by atoms with E-state index < -0.39 is 5.82 Å². The van der Waals surface area contributed by atoms with Crippen molar-refractivity contribution in [2.24, 2.45) is 5.92 Å². The number of likely N-dealkylation sites (tertiary alicyclic amines) is 1. The van der Waals surface area contributed by atoms with Gasteiger partial charge in [0.25, 0.3) is 5.91 Å². The smallest absolute Gasteiger partial charge is 0.273 e. The molecule has 2 heterocycles. The highest BCUT2D eigenvalue weighted by atomic mass is 19.1. The fourth-order valence-electron chi connectivity index (χ4n) is 4.28. The van der Waals surface area contributed by atoms with Gasteiger partial charge in [0.1, 0.15) is 5.82 Å². The Balaban J connectivity index is 1.30. The third-order valence-corrected chi connectivity index (χ3v) is 5.98. The average molecular weight is 399 g/mol. The average Bonchev–Trinajstić information content (AvgIpc) is 3.25. The molecule has 1 aromatic carbocycles. The lowest BCUT2D eigenvalue weighted by molar-refractivity contribution is -0.137. The molecule has 2 amide bonds. The van der Waals surface area contributed by atoms with Gasteiger partial charge in [0.2, 0.25) is 5.91 Å². The number of carbonyl (C=O) groups is 2. The molecule has 1 saturated heterocycles. The van der Waals surface area contributed by atoms with Crippen molar-refractivity contribution in [1.29, 1.82) is 0 Å². The highest BCUT2D eigenvalue weighted by Crippen LogP contribution is 2.27. The van der Waals surface area contributed by atoms with Crippen LogP contribution in [0.2, 0.25) is 0 Å². The fraction of sp³-hybridized carbons (Fsp3) is 0.500. The number of piperidine rings is 1. The van der Waals surface area contributed by atoms with E-state index >= 15 is 0 Å². The molecule has 0 spiro atoms. The van der Waals surface area contributed by atoms with Gasteiger partial charge in [-0.15, -0.1) is 0 Å². The predicted molar refractivity (Wildman–Crippen MR) is 106 cm³/mol. The van der Waals surface area contributed by atoms with Crippen LogP contribution in [0.4, 0.5) is 4.39 Å². The number of aromatic nitrogens is 1. The molecule has 0 atom stereocenters. The number of benzene rings is 1. The van der Waals surface area contributed by atoms with Crippen LogP contribution in [0.1, 0.15) is 55.4 Å². The first-order valence-electron chi connectivity index (χ1n) is 10.4. The zero-order valence-corrected chi connectivity index (χ0v) is 16.4. The molecule has 1 aromatic heterocycles. The third kappa shape index (κ3) is 4.49. The first-order valence-corrected chi connectivity index (χ1v) is 10.4. The van der Waals surface area contributed by atoms with Gasteiger partial charge in [-0.2, -0.15) is 0 Å². The summed E-state index contributed by atoms with van der Waals surface area (Å²) in [5, 5.41) is 6.75. The largest absolute Gasteiger partial charge is 0.355 e. The van der Waals surface area contributed by atoms with Crippen LogP contribution in [0.5, 0.6) is 0 Å². The third-order valence-electron chi connectivity index (χ3n) is 5.98. The lowest BCUT2D eigenvalue weighted by Gasteiger charge is -2.35. The Labute approximate surface area is 169 Å². The van der Waals surface area contributed by atoms with Crippen molar-refractivity contribution >= 4 is 11.8 Å². The summed E-state index contributed by atoms with van der Waals surface area (Å²) >= 11 is 0. The maximum absolute atomic E-state index is 13.9. The van der Waals surface area contributed by atoms with Crippen molar-refractivity contribution in [3.8, 4) is 11.3 Å². The molecule has 1 aliphatic carbocycles. The van der Waals surface area contributed by atoms with Gasteiger partial charge >= 0.3 is 0 Å². The zero-order valence-electron chi connectivity index (χ0n) is 16.4. The van der Waals surface area contributed by atoms with Crippen molar-refractivity contribution in [2.75, 3.05) is 13.1 Å². The second kappa shape index (κ2) is 8.76. The number of halogens is 1. The summed E-state index contributed by atoms with van der Waals surface area (Å²) in [4.78, 5) is 27.1. The summed E-state index contributed by atoms with van der Waals surface area (Å²) in [6.07, 6.45) is 6.99. The maximum atomic E-state index is 13.9. The molecule has 1 saturated carbocycles. The van der Waals surface area contributed by atoms with Crippen molar-refractivity contribution < 1.29 is 18.5 Å². The van der Waals surface area contributed by atoms with Gasteiger partial charge in [0.05, 0.1) is 5.56 Å².